The Morgan fingerprint density at radius 3 is 2.43 bits per heavy atom. The molecule has 0 aromatic carbocycles. The van der Waals surface area contributed by atoms with E-state index in [0.29, 0.717) is 41.4 Å². The van der Waals surface area contributed by atoms with Gasteiger partial charge in [-0.05, 0) is 45.3 Å². The number of anilines is 1. The fourth-order valence-electron chi connectivity index (χ4n) is 3.13. The van der Waals surface area contributed by atoms with Gasteiger partial charge in [-0.3, -0.25) is 19.3 Å². The molecule has 1 aliphatic heterocycles. The quantitative estimate of drug-likeness (QED) is 0.568. The number of nitrogens with zero attached hydrogens (tertiary/aromatic N) is 1. The number of ether oxygens (including phenoxy) is 1. The number of nitrogens with one attached hydrogen (secondary N) is 2. The normalized spacial score (nSPS) is 15.1. The van der Waals surface area contributed by atoms with E-state index in [0.717, 1.165) is 11.3 Å². The first-order valence-electron chi connectivity index (χ1n) is 9.12. The topological polar surface area (TPSA) is 131 Å². The van der Waals surface area contributed by atoms with Gasteiger partial charge in [0.2, 0.25) is 11.8 Å². The van der Waals surface area contributed by atoms with Gasteiger partial charge >= 0.3 is 5.97 Å². The standard InChI is InChI=1S/C18H26N4O5S/c1-4-27-18(26)13-10(2)14(16(25)20-3)28-17(13)21-12(23)9-22-7-5-11(6-8-22)15(19)24/h11H,4-9H2,1-3H3,(H2,19,24)(H,20,25)(H,21,23). The third-order valence-electron chi connectivity index (χ3n) is 4.67. The van der Waals surface area contributed by atoms with Gasteiger partial charge in [0.05, 0.1) is 23.6 Å². The molecule has 1 aromatic rings. The summed E-state index contributed by atoms with van der Waals surface area (Å²) >= 11 is 1.04. The molecule has 154 valence electrons. The highest BCUT2D eigenvalue weighted by molar-refractivity contribution is 7.18. The zero-order valence-electron chi connectivity index (χ0n) is 16.3. The molecule has 0 atom stereocenters. The molecule has 0 spiro atoms. The molecular formula is C18H26N4O5S. The van der Waals surface area contributed by atoms with Crippen LogP contribution >= 0.6 is 11.3 Å². The third kappa shape index (κ3) is 5.08. The first-order valence-corrected chi connectivity index (χ1v) is 9.94. The van der Waals surface area contributed by atoms with E-state index in [2.05, 4.69) is 10.6 Å². The summed E-state index contributed by atoms with van der Waals surface area (Å²) in [5.41, 5.74) is 6.00. The lowest BCUT2D eigenvalue weighted by molar-refractivity contribution is -0.123. The van der Waals surface area contributed by atoms with E-state index in [1.165, 1.54) is 7.05 Å². The number of carbonyl (C=O) groups is 4. The number of amides is 3. The molecule has 0 saturated carbocycles. The van der Waals surface area contributed by atoms with Crippen molar-refractivity contribution in [3.63, 3.8) is 0 Å². The molecule has 2 heterocycles. The molecule has 28 heavy (non-hydrogen) atoms. The van der Waals surface area contributed by atoms with Crippen molar-refractivity contribution in [1.29, 1.82) is 0 Å². The Kier molecular flexibility index (Phi) is 7.53. The van der Waals surface area contributed by atoms with Crippen LogP contribution in [-0.2, 0) is 14.3 Å². The number of carbonyl (C=O) groups excluding carboxylic acids is 4. The number of hydrogen-bond acceptors (Lipinski definition) is 7. The first kappa shape index (κ1) is 21.8. The van der Waals surface area contributed by atoms with E-state index < -0.39 is 5.97 Å². The maximum absolute atomic E-state index is 12.5. The molecule has 1 saturated heterocycles. The molecule has 1 fully saturated rings. The van der Waals surface area contributed by atoms with Crippen molar-refractivity contribution < 1.29 is 23.9 Å². The molecule has 2 rings (SSSR count). The summed E-state index contributed by atoms with van der Waals surface area (Å²) in [4.78, 5) is 50.4. The molecule has 0 bridgehead atoms. The molecule has 3 amide bonds. The molecule has 0 unspecified atom stereocenters. The summed E-state index contributed by atoms with van der Waals surface area (Å²) in [5, 5.41) is 5.56. The average Bonchev–Trinajstić information content (AvgIpc) is 2.97. The maximum atomic E-state index is 12.5. The van der Waals surface area contributed by atoms with Gasteiger partial charge in [-0.1, -0.05) is 0 Å². The van der Waals surface area contributed by atoms with E-state index in [1.807, 2.05) is 4.90 Å². The number of piperidine rings is 1. The number of thiophene rings is 1. The predicted molar refractivity (Wildman–Crippen MR) is 105 cm³/mol. The van der Waals surface area contributed by atoms with E-state index in [9.17, 15) is 19.2 Å². The highest BCUT2D eigenvalue weighted by atomic mass is 32.1. The zero-order valence-corrected chi connectivity index (χ0v) is 17.1. The fraction of sp³-hybridized carbons (Fsp3) is 0.556. The van der Waals surface area contributed by atoms with Crippen LogP contribution in [-0.4, -0.2) is 61.9 Å². The van der Waals surface area contributed by atoms with Crippen molar-refractivity contribution in [1.82, 2.24) is 10.2 Å². The van der Waals surface area contributed by atoms with Crippen LogP contribution in [0.1, 0.15) is 45.4 Å². The number of rotatable bonds is 7. The first-order chi connectivity index (χ1) is 13.3. The number of primary amides is 1. The second kappa shape index (κ2) is 9.65. The monoisotopic (exact) mass is 410 g/mol. The summed E-state index contributed by atoms with van der Waals surface area (Å²) in [6.45, 7) is 4.84. The third-order valence-corrected chi connectivity index (χ3v) is 5.88. The lowest BCUT2D eigenvalue weighted by atomic mass is 9.96. The van der Waals surface area contributed by atoms with Crippen LogP contribution in [0, 0.1) is 12.8 Å². The summed E-state index contributed by atoms with van der Waals surface area (Å²) in [6, 6.07) is 0. The Labute approximate surface area is 167 Å². The molecular weight excluding hydrogens is 384 g/mol. The Morgan fingerprint density at radius 2 is 1.89 bits per heavy atom. The Balaban J connectivity index is 2.11. The van der Waals surface area contributed by atoms with Gasteiger partial charge in [-0.15, -0.1) is 11.3 Å². The van der Waals surface area contributed by atoms with E-state index in [4.69, 9.17) is 10.5 Å². The number of likely N-dealkylation sites (tertiary alicyclic amines) is 1. The predicted octanol–water partition coefficient (Wildman–Crippen LogP) is 0.729. The van der Waals surface area contributed by atoms with Crippen LogP contribution in [0.2, 0.25) is 0 Å². The number of hydrogen-bond donors (Lipinski definition) is 3. The minimum atomic E-state index is -0.580. The molecule has 4 N–H and O–H groups in total. The molecule has 1 aliphatic rings. The zero-order chi connectivity index (χ0) is 20.8. The van der Waals surface area contributed by atoms with Crippen LogP contribution in [0.3, 0.4) is 0 Å². The second-order valence-electron chi connectivity index (χ2n) is 6.56. The fourth-order valence-corrected chi connectivity index (χ4v) is 4.28. The van der Waals surface area contributed by atoms with Crippen LogP contribution in [0.4, 0.5) is 5.00 Å². The largest absolute Gasteiger partial charge is 0.462 e. The van der Waals surface area contributed by atoms with Gasteiger partial charge in [0, 0.05) is 13.0 Å². The lowest BCUT2D eigenvalue weighted by Crippen LogP contribution is -2.42. The summed E-state index contributed by atoms with van der Waals surface area (Å²) in [6.07, 6.45) is 1.24. The molecule has 10 heteroatoms. The van der Waals surface area contributed by atoms with Crippen molar-refractivity contribution in [2.45, 2.75) is 26.7 Å². The van der Waals surface area contributed by atoms with Crippen LogP contribution < -0.4 is 16.4 Å². The van der Waals surface area contributed by atoms with Gasteiger partial charge in [-0.2, -0.15) is 0 Å². The van der Waals surface area contributed by atoms with E-state index >= 15 is 0 Å². The van der Waals surface area contributed by atoms with Crippen molar-refractivity contribution in [3.8, 4) is 0 Å². The second-order valence-corrected chi connectivity index (χ2v) is 7.58. The smallest absolute Gasteiger partial charge is 0.341 e. The highest BCUT2D eigenvalue weighted by Gasteiger charge is 2.28. The number of esters is 1. The molecule has 0 radical (unpaired) electrons. The average molecular weight is 410 g/mol. The van der Waals surface area contributed by atoms with Crippen LogP contribution in [0.25, 0.3) is 0 Å². The van der Waals surface area contributed by atoms with Gasteiger partial charge in [0.15, 0.2) is 0 Å². The van der Waals surface area contributed by atoms with Gasteiger partial charge in [0.1, 0.15) is 5.00 Å². The minimum absolute atomic E-state index is 0.125. The maximum Gasteiger partial charge on any atom is 0.341 e. The van der Waals surface area contributed by atoms with Crippen molar-refractivity contribution in [2.24, 2.45) is 11.7 Å². The summed E-state index contributed by atoms with van der Waals surface area (Å²) in [7, 11) is 1.50. The van der Waals surface area contributed by atoms with Crippen molar-refractivity contribution >= 4 is 40.0 Å². The van der Waals surface area contributed by atoms with Crippen LogP contribution in [0.15, 0.2) is 0 Å². The lowest BCUT2D eigenvalue weighted by Gasteiger charge is -2.29. The van der Waals surface area contributed by atoms with Gasteiger partial charge < -0.3 is 21.1 Å². The Hall–Kier alpha value is -2.46. The van der Waals surface area contributed by atoms with E-state index in [1.54, 1.807) is 13.8 Å². The minimum Gasteiger partial charge on any atom is -0.462 e. The Morgan fingerprint density at radius 1 is 1.25 bits per heavy atom. The Bertz CT molecular complexity index is 768. The van der Waals surface area contributed by atoms with Crippen molar-refractivity contribution in [3.05, 3.63) is 16.0 Å². The number of nitrogens with two attached hydrogens (primary N) is 1. The highest BCUT2D eigenvalue weighted by Crippen LogP contribution is 2.33. The van der Waals surface area contributed by atoms with Crippen molar-refractivity contribution in [2.75, 3.05) is 38.6 Å². The molecule has 0 aliphatic carbocycles. The summed E-state index contributed by atoms with van der Waals surface area (Å²) < 4.78 is 5.07. The molecule has 9 nitrogen and oxygen atoms in total. The summed E-state index contributed by atoms with van der Waals surface area (Å²) in [5.74, 6) is -1.66. The van der Waals surface area contributed by atoms with Gasteiger partial charge in [0.25, 0.3) is 5.91 Å². The SMILES string of the molecule is CCOC(=O)c1c(NC(=O)CN2CCC(C(N)=O)CC2)sc(C(=O)NC)c1C. The van der Waals surface area contributed by atoms with E-state index in [-0.39, 0.29) is 42.4 Å². The van der Waals surface area contributed by atoms with Gasteiger partial charge in [-0.25, -0.2) is 4.79 Å². The van der Waals surface area contributed by atoms with Crippen LogP contribution in [0.5, 0.6) is 0 Å². The molecule has 1 aromatic heterocycles.